The number of nitrogens with zero attached hydrogens (tertiary/aromatic N) is 2. The zero-order valence-corrected chi connectivity index (χ0v) is 9.89. The summed E-state index contributed by atoms with van der Waals surface area (Å²) < 4.78 is 0. The van der Waals surface area contributed by atoms with E-state index in [0.717, 1.165) is 10.9 Å². The van der Waals surface area contributed by atoms with Crippen molar-refractivity contribution in [3.63, 3.8) is 0 Å². The van der Waals surface area contributed by atoms with E-state index in [2.05, 4.69) is 21.9 Å². The van der Waals surface area contributed by atoms with Gasteiger partial charge in [0.25, 0.3) is 0 Å². The Morgan fingerprint density at radius 2 is 2.12 bits per heavy atom. The fraction of sp³-hybridized carbons (Fsp3) is 0.0909. The van der Waals surface area contributed by atoms with Gasteiger partial charge in [-0.15, -0.1) is 6.58 Å². The molecule has 0 spiro atoms. The molecule has 1 N–H and O–H groups in total. The minimum Gasteiger partial charge on any atom is -0.366 e. The second-order valence-electron chi connectivity index (χ2n) is 3.17. The SMILES string of the molecule is C=CCNc1nc(Cl)nc2ccc(Cl)cc12. The van der Waals surface area contributed by atoms with Crippen molar-refractivity contribution in [1.82, 2.24) is 9.97 Å². The molecule has 0 bridgehead atoms. The highest BCUT2D eigenvalue weighted by molar-refractivity contribution is 6.31. The fourth-order valence-electron chi connectivity index (χ4n) is 1.38. The van der Waals surface area contributed by atoms with Crippen molar-refractivity contribution in [1.29, 1.82) is 0 Å². The first-order valence-electron chi connectivity index (χ1n) is 4.68. The maximum absolute atomic E-state index is 5.93. The van der Waals surface area contributed by atoms with Gasteiger partial charge in [-0.2, -0.15) is 0 Å². The molecule has 0 atom stereocenters. The number of rotatable bonds is 3. The topological polar surface area (TPSA) is 37.8 Å². The van der Waals surface area contributed by atoms with Gasteiger partial charge in [-0.25, -0.2) is 9.97 Å². The van der Waals surface area contributed by atoms with Crippen molar-refractivity contribution in [2.75, 3.05) is 11.9 Å². The number of anilines is 1. The van der Waals surface area contributed by atoms with Crippen molar-refractivity contribution < 1.29 is 0 Å². The summed E-state index contributed by atoms with van der Waals surface area (Å²) in [5.74, 6) is 0.664. The van der Waals surface area contributed by atoms with Crippen molar-refractivity contribution in [2.24, 2.45) is 0 Å². The van der Waals surface area contributed by atoms with Gasteiger partial charge in [0.2, 0.25) is 5.28 Å². The van der Waals surface area contributed by atoms with E-state index in [1.54, 1.807) is 18.2 Å². The van der Waals surface area contributed by atoms with Gasteiger partial charge in [0.15, 0.2) is 0 Å². The maximum atomic E-state index is 5.93. The Balaban J connectivity index is 2.59. The van der Waals surface area contributed by atoms with E-state index >= 15 is 0 Å². The predicted octanol–water partition coefficient (Wildman–Crippen LogP) is 3.53. The van der Waals surface area contributed by atoms with Crippen LogP contribution < -0.4 is 5.32 Å². The first-order chi connectivity index (χ1) is 7.70. The minimum atomic E-state index is 0.210. The van der Waals surface area contributed by atoms with Crippen LogP contribution in [0.1, 0.15) is 0 Å². The summed E-state index contributed by atoms with van der Waals surface area (Å²) in [6, 6.07) is 5.38. The summed E-state index contributed by atoms with van der Waals surface area (Å²) in [6.07, 6.45) is 1.74. The average Bonchev–Trinajstić information content (AvgIpc) is 2.26. The molecule has 0 aliphatic rings. The molecule has 0 aliphatic heterocycles. The summed E-state index contributed by atoms with van der Waals surface area (Å²) in [5.41, 5.74) is 0.760. The summed E-state index contributed by atoms with van der Waals surface area (Å²) in [7, 11) is 0. The number of halogens is 2. The van der Waals surface area contributed by atoms with Gasteiger partial charge in [-0.1, -0.05) is 17.7 Å². The third-order valence-electron chi connectivity index (χ3n) is 2.04. The largest absolute Gasteiger partial charge is 0.366 e. The molecule has 2 aromatic rings. The van der Waals surface area contributed by atoms with Gasteiger partial charge in [-0.05, 0) is 29.8 Å². The Morgan fingerprint density at radius 1 is 1.31 bits per heavy atom. The van der Waals surface area contributed by atoms with Crippen LogP contribution >= 0.6 is 23.2 Å². The molecule has 0 aliphatic carbocycles. The average molecular weight is 254 g/mol. The quantitative estimate of drug-likeness (QED) is 0.672. The molecule has 0 radical (unpaired) electrons. The Bertz CT molecular complexity index is 540. The maximum Gasteiger partial charge on any atom is 0.224 e. The highest BCUT2D eigenvalue weighted by Crippen LogP contribution is 2.25. The summed E-state index contributed by atoms with van der Waals surface area (Å²) in [6.45, 7) is 4.24. The van der Waals surface area contributed by atoms with Gasteiger partial charge in [0.05, 0.1) is 5.52 Å². The molecule has 0 saturated heterocycles. The summed E-state index contributed by atoms with van der Waals surface area (Å²) >= 11 is 11.7. The van der Waals surface area contributed by atoms with E-state index in [1.807, 2.05) is 6.07 Å². The van der Waals surface area contributed by atoms with Crippen molar-refractivity contribution in [2.45, 2.75) is 0 Å². The lowest BCUT2D eigenvalue weighted by molar-refractivity contribution is 1.18. The van der Waals surface area contributed by atoms with E-state index < -0.39 is 0 Å². The molecule has 0 fully saturated rings. The zero-order chi connectivity index (χ0) is 11.5. The Labute approximate surface area is 103 Å². The minimum absolute atomic E-state index is 0.210. The van der Waals surface area contributed by atoms with Crippen molar-refractivity contribution >= 4 is 39.9 Å². The Kier molecular flexibility index (Phi) is 3.27. The smallest absolute Gasteiger partial charge is 0.224 e. The Morgan fingerprint density at radius 3 is 2.88 bits per heavy atom. The first kappa shape index (κ1) is 11.2. The molecule has 0 amide bonds. The molecular formula is C11H9Cl2N3. The predicted molar refractivity (Wildman–Crippen MR) is 68.2 cm³/mol. The molecule has 3 nitrogen and oxygen atoms in total. The summed E-state index contributed by atoms with van der Waals surface area (Å²) in [5, 5.41) is 4.79. The van der Waals surface area contributed by atoms with Crippen LogP contribution in [0.4, 0.5) is 5.82 Å². The van der Waals surface area contributed by atoms with E-state index in [0.29, 0.717) is 17.4 Å². The lowest BCUT2D eigenvalue weighted by Gasteiger charge is -2.07. The number of nitrogens with one attached hydrogen (secondary N) is 1. The van der Waals surface area contributed by atoms with Gasteiger partial charge >= 0.3 is 0 Å². The Hall–Kier alpha value is -1.32. The monoisotopic (exact) mass is 253 g/mol. The van der Waals surface area contributed by atoms with Crippen LogP contribution in [0, 0.1) is 0 Å². The van der Waals surface area contributed by atoms with E-state index in [-0.39, 0.29) is 5.28 Å². The molecular weight excluding hydrogens is 245 g/mol. The number of hydrogen-bond acceptors (Lipinski definition) is 3. The number of fused-ring (bicyclic) bond motifs is 1. The number of aromatic nitrogens is 2. The normalized spacial score (nSPS) is 10.4. The van der Waals surface area contributed by atoms with Crippen LogP contribution in [-0.2, 0) is 0 Å². The first-order valence-corrected chi connectivity index (χ1v) is 5.44. The zero-order valence-electron chi connectivity index (χ0n) is 8.37. The van der Waals surface area contributed by atoms with Crippen molar-refractivity contribution in [3.8, 4) is 0 Å². The van der Waals surface area contributed by atoms with Crippen molar-refractivity contribution in [3.05, 3.63) is 41.2 Å². The fourth-order valence-corrected chi connectivity index (χ4v) is 1.72. The van der Waals surface area contributed by atoms with Crippen LogP contribution in [0.5, 0.6) is 0 Å². The lowest BCUT2D eigenvalue weighted by atomic mass is 10.2. The van der Waals surface area contributed by atoms with Crippen LogP contribution in [0.25, 0.3) is 10.9 Å². The van der Waals surface area contributed by atoms with Gasteiger partial charge in [-0.3, -0.25) is 0 Å². The van der Waals surface area contributed by atoms with E-state index in [9.17, 15) is 0 Å². The van der Waals surface area contributed by atoms with Crippen LogP contribution in [-0.4, -0.2) is 16.5 Å². The molecule has 1 aromatic heterocycles. The van der Waals surface area contributed by atoms with Gasteiger partial charge in [0.1, 0.15) is 5.82 Å². The third kappa shape index (κ3) is 2.26. The molecule has 82 valence electrons. The van der Waals surface area contributed by atoms with Crippen LogP contribution in [0.2, 0.25) is 10.3 Å². The van der Waals surface area contributed by atoms with E-state index in [1.165, 1.54) is 0 Å². The highest BCUT2D eigenvalue weighted by atomic mass is 35.5. The standard InChI is InChI=1S/C11H9Cl2N3/c1-2-5-14-10-8-6-7(12)3-4-9(8)15-11(13)16-10/h2-4,6H,1,5H2,(H,14,15,16). The second-order valence-corrected chi connectivity index (χ2v) is 3.95. The number of hydrogen-bond donors (Lipinski definition) is 1. The number of benzene rings is 1. The highest BCUT2D eigenvalue weighted by Gasteiger charge is 2.06. The summed E-state index contributed by atoms with van der Waals surface area (Å²) in [4.78, 5) is 8.23. The van der Waals surface area contributed by atoms with Gasteiger partial charge < -0.3 is 5.32 Å². The second kappa shape index (κ2) is 4.68. The van der Waals surface area contributed by atoms with Gasteiger partial charge in [0, 0.05) is 17.0 Å². The van der Waals surface area contributed by atoms with Crippen LogP contribution in [0.3, 0.4) is 0 Å². The third-order valence-corrected chi connectivity index (χ3v) is 2.45. The molecule has 5 heteroatoms. The van der Waals surface area contributed by atoms with Crippen LogP contribution in [0.15, 0.2) is 30.9 Å². The lowest BCUT2D eigenvalue weighted by Crippen LogP contribution is -2.02. The van der Waals surface area contributed by atoms with E-state index in [4.69, 9.17) is 23.2 Å². The molecule has 0 saturated carbocycles. The molecule has 1 heterocycles. The molecule has 2 rings (SSSR count). The molecule has 1 aromatic carbocycles. The molecule has 0 unspecified atom stereocenters. The molecule has 16 heavy (non-hydrogen) atoms.